The molecule has 2 N–H and O–H groups in total. The molecule has 94 valence electrons. The zero-order chi connectivity index (χ0) is 12.1. The monoisotopic (exact) mass is 283 g/mol. The summed E-state index contributed by atoms with van der Waals surface area (Å²) in [5.41, 5.74) is 3.32. The maximum atomic E-state index is 11.6. The van der Waals surface area contributed by atoms with Crippen molar-refractivity contribution in [3.8, 4) is 0 Å². The van der Waals surface area contributed by atoms with E-state index in [4.69, 9.17) is 11.6 Å². The molecule has 0 bridgehead atoms. The fraction of sp³-hybridized carbons (Fsp3) is 0. The molecular weight excluding hydrogens is 273 g/mol. The zero-order valence-corrected chi connectivity index (χ0v) is 10.8. The van der Waals surface area contributed by atoms with Gasteiger partial charge >= 0.3 is 6.03 Å². The number of hydrogen-bond donors (Lipinski definition) is 2. The first kappa shape index (κ1) is 14.3. The minimum atomic E-state index is -0.316. The van der Waals surface area contributed by atoms with Crippen LogP contribution >= 0.6 is 11.6 Å². The summed E-state index contributed by atoms with van der Waals surface area (Å²) in [6, 6.07) is 12.1. The van der Waals surface area contributed by atoms with Gasteiger partial charge in [-0.05, 0) is 24.3 Å². The molecule has 1 heterocycles. The van der Waals surface area contributed by atoms with Gasteiger partial charge < -0.3 is 17.7 Å². The summed E-state index contributed by atoms with van der Waals surface area (Å²) >= 11 is 5.75. The molecular formula is C12H11Cl2N3O. The standard InChI is InChI=1S/C12H10ClN3O.ClH/c13-10-4-6-11(7-5-10)14-12(17)15-16-8-2-1-3-9-16;/h1-9H,(H-,14,15,17);1H. The van der Waals surface area contributed by atoms with Gasteiger partial charge in [-0.2, -0.15) is 0 Å². The van der Waals surface area contributed by atoms with Crippen LogP contribution in [0.2, 0.25) is 5.02 Å². The summed E-state index contributed by atoms with van der Waals surface area (Å²) in [5.74, 6) is 0. The molecule has 0 radical (unpaired) electrons. The van der Waals surface area contributed by atoms with Crippen molar-refractivity contribution in [2.75, 3.05) is 10.7 Å². The molecule has 0 aliphatic rings. The minimum absolute atomic E-state index is 0. The molecule has 0 unspecified atom stereocenters. The van der Waals surface area contributed by atoms with Crippen LogP contribution in [0.3, 0.4) is 0 Å². The first-order valence-corrected chi connectivity index (χ1v) is 5.42. The first-order chi connectivity index (χ1) is 8.24. The van der Waals surface area contributed by atoms with Crippen molar-refractivity contribution in [1.29, 1.82) is 0 Å². The lowest BCUT2D eigenvalue weighted by Gasteiger charge is -2.03. The molecule has 0 saturated heterocycles. The summed E-state index contributed by atoms with van der Waals surface area (Å²) in [7, 11) is 0. The van der Waals surface area contributed by atoms with Gasteiger partial charge in [0, 0.05) is 22.8 Å². The highest BCUT2D eigenvalue weighted by Crippen LogP contribution is 2.12. The Balaban J connectivity index is 0.00000162. The third-order valence-electron chi connectivity index (χ3n) is 2.05. The first-order valence-electron chi connectivity index (χ1n) is 5.04. The summed E-state index contributed by atoms with van der Waals surface area (Å²) in [5, 5.41) is 3.32. The summed E-state index contributed by atoms with van der Waals surface area (Å²) < 4.78 is 1.56. The lowest BCUT2D eigenvalue weighted by atomic mass is 10.3. The number of nitrogens with one attached hydrogen (secondary N) is 2. The second-order valence-corrected chi connectivity index (χ2v) is 3.79. The maximum absolute atomic E-state index is 11.6. The normalized spacial score (nSPS) is 9.17. The van der Waals surface area contributed by atoms with E-state index >= 15 is 0 Å². The second kappa shape index (κ2) is 6.83. The van der Waals surface area contributed by atoms with Crippen molar-refractivity contribution in [3.05, 3.63) is 59.9 Å². The molecule has 18 heavy (non-hydrogen) atoms. The fourth-order valence-corrected chi connectivity index (χ4v) is 1.41. The summed E-state index contributed by atoms with van der Waals surface area (Å²) in [4.78, 5) is 11.6. The van der Waals surface area contributed by atoms with Crippen LogP contribution < -0.4 is 27.8 Å². The minimum Gasteiger partial charge on any atom is -1.00 e. The van der Waals surface area contributed by atoms with Crippen molar-refractivity contribution in [1.82, 2.24) is 0 Å². The lowest BCUT2D eigenvalue weighted by Crippen LogP contribution is -3.00. The maximum Gasteiger partial charge on any atom is 0.372 e. The van der Waals surface area contributed by atoms with Gasteiger partial charge in [0.05, 0.1) is 0 Å². The molecule has 0 atom stereocenters. The summed E-state index contributed by atoms with van der Waals surface area (Å²) in [6.45, 7) is 0. The Morgan fingerprint density at radius 3 is 2.28 bits per heavy atom. The van der Waals surface area contributed by atoms with E-state index in [1.54, 1.807) is 41.3 Å². The van der Waals surface area contributed by atoms with E-state index in [0.717, 1.165) is 0 Å². The number of carbonyl (C=O) groups excluding carboxylic acids is 1. The Hall–Kier alpha value is -1.78. The number of pyridine rings is 1. The second-order valence-electron chi connectivity index (χ2n) is 3.36. The Morgan fingerprint density at radius 1 is 1.06 bits per heavy atom. The van der Waals surface area contributed by atoms with Crippen molar-refractivity contribution in [2.24, 2.45) is 0 Å². The number of anilines is 1. The number of aromatic nitrogens is 1. The van der Waals surface area contributed by atoms with Crippen molar-refractivity contribution >= 4 is 23.3 Å². The number of nitrogens with zero attached hydrogens (tertiary/aromatic N) is 1. The molecule has 4 nitrogen and oxygen atoms in total. The third kappa shape index (κ3) is 4.24. The van der Waals surface area contributed by atoms with Crippen LogP contribution in [0.5, 0.6) is 0 Å². The van der Waals surface area contributed by atoms with Gasteiger partial charge in [-0.3, -0.25) is 0 Å². The molecule has 0 fully saturated rings. The van der Waals surface area contributed by atoms with Crippen LogP contribution in [-0.4, -0.2) is 6.03 Å². The van der Waals surface area contributed by atoms with Gasteiger partial charge in [-0.15, -0.1) is 5.43 Å². The van der Waals surface area contributed by atoms with E-state index in [1.807, 2.05) is 18.2 Å². The molecule has 2 amide bonds. The number of amides is 2. The highest BCUT2D eigenvalue weighted by molar-refractivity contribution is 6.30. The number of halogens is 2. The highest BCUT2D eigenvalue weighted by Gasteiger charge is 2.06. The van der Waals surface area contributed by atoms with Gasteiger partial charge in [-0.25, -0.2) is 4.79 Å². The molecule has 1 aromatic carbocycles. The number of hydrogen-bond acceptors (Lipinski definition) is 1. The lowest BCUT2D eigenvalue weighted by molar-refractivity contribution is -0.641. The van der Waals surface area contributed by atoms with E-state index in [9.17, 15) is 4.79 Å². The Morgan fingerprint density at radius 2 is 1.67 bits per heavy atom. The molecule has 2 rings (SSSR count). The van der Waals surface area contributed by atoms with Crippen LogP contribution in [0, 0.1) is 0 Å². The molecule has 1 aromatic heterocycles. The highest BCUT2D eigenvalue weighted by atomic mass is 35.5. The average Bonchev–Trinajstić information content (AvgIpc) is 2.33. The smallest absolute Gasteiger partial charge is 0.372 e. The van der Waals surface area contributed by atoms with Crippen LogP contribution in [0.1, 0.15) is 0 Å². The van der Waals surface area contributed by atoms with Crippen LogP contribution in [0.15, 0.2) is 54.9 Å². The predicted octanol–water partition coefficient (Wildman–Crippen LogP) is -0.593. The molecule has 6 heteroatoms. The van der Waals surface area contributed by atoms with Crippen LogP contribution in [0.4, 0.5) is 10.5 Å². The quantitative estimate of drug-likeness (QED) is 0.711. The Labute approximate surface area is 116 Å². The van der Waals surface area contributed by atoms with E-state index in [-0.39, 0.29) is 18.4 Å². The Bertz CT molecular complexity index is 502. The SMILES string of the molecule is O=C(Nc1ccc(Cl)cc1)N[n+]1ccccc1.[Cl-]. The van der Waals surface area contributed by atoms with Gasteiger partial charge in [-0.1, -0.05) is 22.3 Å². The van der Waals surface area contributed by atoms with E-state index in [2.05, 4.69) is 10.7 Å². The molecule has 2 aromatic rings. The van der Waals surface area contributed by atoms with Crippen LogP contribution in [-0.2, 0) is 0 Å². The van der Waals surface area contributed by atoms with E-state index in [0.29, 0.717) is 10.7 Å². The number of urea groups is 1. The number of carbonyl (C=O) groups is 1. The predicted molar refractivity (Wildman–Crippen MR) is 66.5 cm³/mol. The average molecular weight is 284 g/mol. The van der Waals surface area contributed by atoms with Gasteiger partial charge in [0.1, 0.15) is 0 Å². The van der Waals surface area contributed by atoms with E-state index in [1.165, 1.54) is 0 Å². The van der Waals surface area contributed by atoms with E-state index < -0.39 is 0 Å². The van der Waals surface area contributed by atoms with Crippen molar-refractivity contribution < 1.29 is 21.9 Å². The largest absolute Gasteiger partial charge is 1.00 e. The van der Waals surface area contributed by atoms with Crippen LogP contribution in [0.25, 0.3) is 0 Å². The number of benzene rings is 1. The third-order valence-corrected chi connectivity index (χ3v) is 2.30. The fourth-order valence-electron chi connectivity index (χ4n) is 1.28. The molecule has 0 spiro atoms. The van der Waals surface area contributed by atoms with Gasteiger partial charge in [0.15, 0.2) is 12.4 Å². The van der Waals surface area contributed by atoms with Gasteiger partial charge in [0.25, 0.3) is 0 Å². The summed E-state index contributed by atoms with van der Waals surface area (Å²) in [6.07, 6.45) is 3.48. The molecule has 0 aliphatic heterocycles. The zero-order valence-electron chi connectivity index (χ0n) is 9.31. The number of rotatable bonds is 2. The van der Waals surface area contributed by atoms with Crippen molar-refractivity contribution in [3.63, 3.8) is 0 Å². The topological polar surface area (TPSA) is 45.0 Å². The Kier molecular flexibility index (Phi) is 5.42. The van der Waals surface area contributed by atoms with Gasteiger partial charge in [0.2, 0.25) is 0 Å². The molecule has 0 saturated carbocycles. The van der Waals surface area contributed by atoms with Crippen molar-refractivity contribution in [2.45, 2.75) is 0 Å². The molecule has 0 aliphatic carbocycles.